The maximum atomic E-state index is 12.5. The molecule has 0 radical (unpaired) electrons. The first-order valence-electron chi connectivity index (χ1n) is 27.9. The zero-order chi connectivity index (χ0) is 74.9. The molecule has 9 rings (SSSR count). The standard InChI is InChI=1S/C23H24ClN3O6.C14H13ClN2O5.C9H9ClN2O4.C9H11ClN2O2.C7H4ClNO5/c1-11-5-8-14(33-11)21(23(2)9-32-10-23)26-17-16(19(29)20(17)30)25-13-7-6-12(24)15(18(13)28)22(31)27(3)4;1-17(2)14(21)8-6(15)4-5-7(10(8)18)16-9-11(19)12(20)13(9)22-3;1-11(2)9(14)7-5(10)3-4-6(8(7)13)12(15)16;1-12(2)9(14)7-5(10)3-4-6(11)8(7)13;8-3-1-2-4(9(13)14)6(10)5(3)7(11)12/h5-8,21,25-26,28H,9-10H2,1-4H3;4-5,16,18H,1-3H3;3-4,13H,1-2H3;3-4,13H,11H2,1-2H3;1-2,10H,(H,11,12)/t21-;;;;/m0..../s1. The number of carbonyl (C=O) groups excluding carboxylic acids is 4. The van der Waals surface area contributed by atoms with E-state index in [1.54, 1.807) is 14.1 Å². The molecule has 8 aromatic rings. The largest absolute Gasteiger partial charge is 0.505 e. The van der Waals surface area contributed by atoms with Gasteiger partial charge in [0.05, 0.1) is 78.4 Å². The van der Waals surface area contributed by atoms with E-state index in [1.165, 1.54) is 111 Å². The number of ether oxygens (including phenoxy) is 2. The molecule has 0 aliphatic carbocycles. The first-order chi connectivity index (χ1) is 46.1. The van der Waals surface area contributed by atoms with Crippen LogP contribution in [0.2, 0.25) is 25.1 Å². The van der Waals surface area contributed by atoms with Crippen LogP contribution >= 0.6 is 58.0 Å². The van der Waals surface area contributed by atoms with Crippen molar-refractivity contribution >= 4 is 133 Å². The number of hydrogen-bond acceptors (Lipinski definition) is 25. The van der Waals surface area contributed by atoms with Crippen LogP contribution in [0.25, 0.3) is 0 Å². The Balaban J connectivity index is 0.000000235. The number of nitrogen functional groups attached to an aromatic ring is 1. The minimum Gasteiger partial charge on any atom is -0.505 e. The van der Waals surface area contributed by atoms with Crippen molar-refractivity contribution < 1.29 is 78.3 Å². The van der Waals surface area contributed by atoms with Gasteiger partial charge in [0, 0.05) is 73.9 Å². The fraction of sp³-hybridized carbons (Fsp3) is 0.242. The Hall–Kier alpha value is -10.9. The number of methoxy groups -OCH3 is 1. The summed E-state index contributed by atoms with van der Waals surface area (Å²) in [6.07, 6.45) is 0. The van der Waals surface area contributed by atoms with Crippen molar-refractivity contribution in [2.24, 2.45) is 5.41 Å². The van der Waals surface area contributed by atoms with Crippen molar-refractivity contribution in [1.29, 1.82) is 0 Å². The number of anilines is 6. The molecule has 0 unspecified atom stereocenters. The van der Waals surface area contributed by atoms with Crippen LogP contribution in [0.4, 0.5) is 45.5 Å². The zero-order valence-corrected chi connectivity index (χ0v) is 57.6. The number of furan rings is 1. The molecule has 37 heteroatoms. The number of nitro groups is 2. The number of phenols is 5. The molecule has 32 nitrogen and oxygen atoms in total. The van der Waals surface area contributed by atoms with E-state index in [4.69, 9.17) is 82.7 Å². The predicted octanol–water partition coefficient (Wildman–Crippen LogP) is 8.91. The van der Waals surface area contributed by atoms with Crippen molar-refractivity contribution in [3.8, 4) is 34.5 Å². The molecule has 1 aliphatic heterocycles. The first kappa shape index (κ1) is 78.8. The molecule has 0 bridgehead atoms. The number of aryl methyl sites for hydroxylation is 1. The van der Waals surface area contributed by atoms with Crippen LogP contribution in [0, 0.1) is 32.6 Å². The number of rotatable bonds is 16. The topological polar surface area (TPSA) is 468 Å². The van der Waals surface area contributed by atoms with E-state index in [2.05, 4.69) is 16.0 Å². The summed E-state index contributed by atoms with van der Waals surface area (Å²) in [5.41, 5.74) is 0.0890. The minimum atomic E-state index is -1.52. The van der Waals surface area contributed by atoms with Crippen molar-refractivity contribution in [3.05, 3.63) is 198 Å². The van der Waals surface area contributed by atoms with Crippen LogP contribution < -0.4 is 48.1 Å². The van der Waals surface area contributed by atoms with Gasteiger partial charge in [-0.05, 0) is 67.6 Å². The lowest BCUT2D eigenvalue weighted by Gasteiger charge is -2.44. The highest BCUT2D eigenvalue weighted by Gasteiger charge is 2.45. The Bertz CT molecular complexity index is 4650. The normalized spacial score (nSPS) is 12.0. The number of phenolic OH excluding ortho intramolecular Hbond substituents is 4. The summed E-state index contributed by atoms with van der Waals surface area (Å²) in [6.45, 7) is 4.72. The van der Waals surface area contributed by atoms with Gasteiger partial charge in [0.2, 0.25) is 11.5 Å². The average molecular weight is 1480 g/mol. The number of amides is 4. The van der Waals surface area contributed by atoms with Crippen LogP contribution in [-0.4, -0.2) is 166 Å². The van der Waals surface area contributed by atoms with E-state index >= 15 is 0 Å². The number of nitrogens with one attached hydrogen (secondary N) is 3. The molecule has 4 amide bonds. The number of carbonyl (C=O) groups is 5. The number of carboxylic acids is 1. The number of nitro benzene ring substituents is 2. The Morgan fingerprint density at radius 1 is 0.535 bits per heavy atom. The molecule has 1 fully saturated rings. The highest BCUT2D eigenvalue weighted by Crippen LogP contribution is 2.45. The van der Waals surface area contributed by atoms with E-state index in [0.29, 0.717) is 24.7 Å². The Labute approximate surface area is 584 Å². The van der Waals surface area contributed by atoms with Gasteiger partial charge >= 0.3 is 17.3 Å². The Kier molecular flexibility index (Phi) is 25.8. The smallest absolute Gasteiger partial charge is 0.341 e. The lowest BCUT2D eigenvalue weighted by atomic mass is 9.79. The highest BCUT2D eigenvalue weighted by molar-refractivity contribution is 6.36. The lowest BCUT2D eigenvalue weighted by molar-refractivity contribution is -0.386. The molecule has 0 spiro atoms. The summed E-state index contributed by atoms with van der Waals surface area (Å²) in [7, 11) is 13.4. The molecule has 11 N–H and O–H groups in total. The molecule has 1 aromatic heterocycles. The number of benzene rings is 5. The molecule has 0 saturated carbocycles. The van der Waals surface area contributed by atoms with Crippen molar-refractivity contribution in [2.45, 2.75) is 19.9 Å². The second-order valence-electron chi connectivity index (χ2n) is 22.1. The first-order valence-corrected chi connectivity index (χ1v) is 29.8. The summed E-state index contributed by atoms with van der Waals surface area (Å²) in [5, 5.41) is 87.3. The van der Waals surface area contributed by atoms with Crippen LogP contribution in [0.15, 0.2) is 96.4 Å². The van der Waals surface area contributed by atoms with Crippen molar-refractivity contribution in [3.63, 3.8) is 0 Å². The molecular formula is C62H61Cl5N10O22. The van der Waals surface area contributed by atoms with Gasteiger partial charge in [-0.15, -0.1) is 0 Å². The number of nitrogens with zero attached hydrogens (tertiary/aromatic N) is 6. The van der Waals surface area contributed by atoms with Gasteiger partial charge in [0.1, 0.15) is 56.4 Å². The second kappa shape index (κ2) is 32.4. The lowest BCUT2D eigenvalue weighted by Crippen LogP contribution is -2.49. The fourth-order valence-corrected chi connectivity index (χ4v) is 9.93. The molecule has 1 aliphatic rings. The number of aromatic carboxylic acids is 1. The number of carboxylic acid groups (broad SMARTS) is 1. The quantitative estimate of drug-likeness (QED) is 0.0142. The van der Waals surface area contributed by atoms with E-state index in [-0.39, 0.29) is 104 Å². The summed E-state index contributed by atoms with van der Waals surface area (Å²) in [5.74, 6) is -5.03. The number of halogens is 5. The molecular weight excluding hydrogens is 1410 g/mol. The van der Waals surface area contributed by atoms with Gasteiger partial charge in [-0.3, -0.25) is 58.6 Å². The second-order valence-corrected chi connectivity index (χ2v) is 24.1. The summed E-state index contributed by atoms with van der Waals surface area (Å²) in [4.78, 5) is 130. The Morgan fingerprint density at radius 3 is 1.25 bits per heavy atom. The van der Waals surface area contributed by atoms with Gasteiger partial charge in [0.25, 0.3) is 45.3 Å². The summed E-state index contributed by atoms with van der Waals surface area (Å²) >= 11 is 29.0. The highest BCUT2D eigenvalue weighted by atomic mass is 35.5. The van der Waals surface area contributed by atoms with Gasteiger partial charge in [-0.2, -0.15) is 0 Å². The maximum Gasteiger partial charge on any atom is 0.341 e. The molecule has 1 saturated heterocycles. The monoisotopic (exact) mass is 1470 g/mol. The molecule has 7 aromatic carbocycles. The molecule has 2 heterocycles. The fourth-order valence-electron chi connectivity index (χ4n) is 8.76. The van der Waals surface area contributed by atoms with Crippen LogP contribution in [0.1, 0.15) is 76.3 Å². The van der Waals surface area contributed by atoms with E-state index in [1.807, 2.05) is 26.0 Å². The van der Waals surface area contributed by atoms with Crippen molar-refractivity contribution in [2.75, 3.05) is 98.4 Å². The van der Waals surface area contributed by atoms with Crippen LogP contribution in [0.3, 0.4) is 0 Å². The van der Waals surface area contributed by atoms with E-state index in [9.17, 15) is 88.9 Å². The third-order valence-corrected chi connectivity index (χ3v) is 15.7. The zero-order valence-electron chi connectivity index (χ0n) is 53.8. The third kappa shape index (κ3) is 17.3. The maximum absolute atomic E-state index is 12.5. The molecule has 99 heavy (non-hydrogen) atoms. The van der Waals surface area contributed by atoms with Gasteiger partial charge in [-0.25, -0.2) is 4.79 Å². The van der Waals surface area contributed by atoms with E-state index < -0.39 is 101 Å². The SMILES string of the molecule is CN(C)C(=O)c1c(Cl)ccc(N)c1O.CN(C)C(=O)c1c(Cl)ccc([N+](=O)[O-])c1O.COc1c(Nc2ccc(Cl)c(C(=O)N(C)C)c2O)c(=O)c1=O.Cc1ccc([C@H](Nc2c(Nc3ccc(Cl)c(C(=O)N(C)C)c3O)c(=O)c2=O)C2(C)COC2)o1.O=C(O)c1c(Cl)ccc([N+](=O)[O-])c1O. The van der Waals surface area contributed by atoms with E-state index in [0.717, 1.165) is 18.2 Å². The minimum absolute atomic E-state index is 0.0157. The van der Waals surface area contributed by atoms with Gasteiger partial charge < -0.3 is 85.8 Å². The van der Waals surface area contributed by atoms with Crippen molar-refractivity contribution in [1.82, 2.24) is 19.6 Å². The molecule has 1 atom stereocenters. The average Bonchev–Trinajstić information content (AvgIpc) is 1.41. The molecule has 526 valence electrons. The summed E-state index contributed by atoms with van der Waals surface area (Å²) in [6, 6.07) is 16.0. The van der Waals surface area contributed by atoms with Gasteiger partial charge in [0.15, 0.2) is 23.0 Å². The third-order valence-electron chi connectivity index (χ3n) is 14.1. The van der Waals surface area contributed by atoms with Gasteiger partial charge in [-0.1, -0.05) is 64.9 Å². The Morgan fingerprint density at radius 2 is 0.889 bits per heavy atom. The predicted molar refractivity (Wildman–Crippen MR) is 367 cm³/mol. The number of nitrogens with two attached hydrogens (primary N) is 1. The summed E-state index contributed by atoms with van der Waals surface area (Å²) < 4.78 is 16.0. The van der Waals surface area contributed by atoms with Crippen LogP contribution in [0.5, 0.6) is 34.5 Å². The number of aromatic hydroxyl groups is 5. The van der Waals surface area contributed by atoms with Crippen LogP contribution in [-0.2, 0) is 4.74 Å². The number of hydrogen-bond donors (Lipinski definition) is 10.